The molecule has 0 fully saturated rings. The summed E-state index contributed by atoms with van der Waals surface area (Å²) >= 11 is 0. The second kappa shape index (κ2) is 7.16. The van der Waals surface area contributed by atoms with Crippen molar-refractivity contribution in [3.8, 4) is 11.5 Å². The summed E-state index contributed by atoms with van der Waals surface area (Å²) in [4.78, 5) is 55.2. The van der Waals surface area contributed by atoms with E-state index in [0.717, 1.165) is 0 Å². The number of aromatic nitrogens is 4. The van der Waals surface area contributed by atoms with Crippen molar-refractivity contribution in [3.63, 3.8) is 0 Å². The highest BCUT2D eigenvalue weighted by atomic mass is 16.5. The molecule has 0 radical (unpaired) electrons. The molecule has 9 nitrogen and oxygen atoms in total. The van der Waals surface area contributed by atoms with E-state index in [1.165, 1.54) is 0 Å². The van der Waals surface area contributed by atoms with Crippen LogP contribution < -0.4 is 27.0 Å². The smallest absolute Gasteiger partial charge is 0.314 e. The molecule has 0 aliphatic rings. The van der Waals surface area contributed by atoms with Crippen LogP contribution in [0.2, 0.25) is 0 Å². The van der Waals surface area contributed by atoms with Crippen molar-refractivity contribution in [1.82, 2.24) is 19.9 Å². The molecule has 0 saturated carbocycles. The molecule has 2 aromatic heterocycles. The van der Waals surface area contributed by atoms with E-state index in [0.29, 0.717) is 33.6 Å². The lowest BCUT2D eigenvalue weighted by molar-refractivity contribution is 0.484. The van der Waals surface area contributed by atoms with E-state index in [1.807, 2.05) is 13.8 Å². The summed E-state index contributed by atoms with van der Waals surface area (Å²) in [6.07, 6.45) is 0. The Labute approximate surface area is 150 Å². The van der Waals surface area contributed by atoms with Gasteiger partial charge in [0.2, 0.25) is 0 Å². The highest BCUT2D eigenvalue weighted by Crippen LogP contribution is 2.25. The van der Waals surface area contributed by atoms with E-state index in [2.05, 4.69) is 19.9 Å². The number of ether oxygens (including phenoxy) is 1. The average molecular weight is 368 g/mol. The Morgan fingerprint density at radius 3 is 1.26 bits per heavy atom. The van der Waals surface area contributed by atoms with Gasteiger partial charge in [-0.15, -0.1) is 0 Å². The fraction of sp³-hybridized carbons (Fsp3) is 0.111. The molecule has 0 spiro atoms. The Hall–Kier alpha value is -3.88. The predicted octanol–water partition coefficient (Wildman–Crippen LogP) is 1.56. The SMILES string of the molecule is CC.O=c1[nH]c2ccc(Oc3ccc4[nH]c(=O)c(=O)[nH]c4c3)cc2[nH]c1=O. The summed E-state index contributed by atoms with van der Waals surface area (Å²) in [5.41, 5.74) is -1.19. The van der Waals surface area contributed by atoms with E-state index in [-0.39, 0.29) is 0 Å². The van der Waals surface area contributed by atoms with E-state index >= 15 is 0 Å². The zero-order valence-corrected chi connectivity index (χ0v) is 14.5. The van der Waals surface area contributed by atoms with Gasteiger partial charge >= 0.3 is 22.2 Å². The first-order valence-corrected chi connectivity index (χ1v) is 8.20. The minimum Gasteiger partial charge on any atom is -0.457 e. The van der Waals surface area contributed by atoms with Crippen molar-refractivity contribution in [2.75, 3.05) is 0 Å². The fourth-order valence-corrected chi connectivity index (χ4v) is 2.45. The first-order valence-electron chi connectivity index (χ1n) is 8.20. The van der Waals surface area contributed by atoms with E-state index in [1.54, 1.807) is 36.4 Å². The predicted molar refractivity (Wildman–Crippen MR) is 102 cm³/mol. The Balaban J connectivity index is 0.00000102. The maximum absolute atomic E-state index is 11.4. The van der Waals surface area contributed by atoms with Crippen LogP contribution in [0.5, 0.6) is 11.5 Å². The number of benzene rings is 2. The van der Waals surface area contributed by atoms with Gasteiger partial charge < -0.3 is 24.7 Å². The third kappa shape index (κ3) is 3.56. The Morgan fingerprint density at radius 2 is 0.889 bits per heavy atom. The molecule has 4 aromatic rings. The summed E-state index contributed by atoms with van der Waals surface area (Å²) in [6, 6.07) is 9.57. The van der Waals surface area contributed by atoms with Crippen molar-refractivity contribution in [3.05, 3.63) is 77.8 Å². The number of hydrogen-bond acceptors (Lipinski definition) is 5. The number of nitrogens with one attached hydrogen (secondary N) is 4. The van der Waals surface area contributed by atoms with E-state index < -0.39 is 22.2 Å². The molecule has 138 valence electrons. The zero-order valence-electron chi connectivity index (χ0n) is 14.5. The van der Waals surface area contributed by atoms with Gasteiger partial charge in [-0.05, 0) is 24.3 Å². The van der Waals surface area contributed by atoms with Gasteiger partial charge in [-0.3, -0.25) is 19.2 Å². The Kier molecular flexibility index (Phi) is 4.75. The number of rotatable bonds is 2. The van der Waals surface area contributed by atoms with Gasteiger partial charge in [0, 0.05) is 12.1 Å². The van der Waals surface area contributed by atoms with Crippen LogP contribution in [0.4, 0.5) is 0 Å². The number of hydrogen-bond donors (Lipinski definition) is 4. The quantitative estimate of drug-likeness (QED) is 0.397. The average Bonchev–Trinajstić information content (AvgIpc) is 2.66. The lowest BCUT2D eigenvalue weighted by Gasteiger charge is -2.07. The molecule has 0 aliphatic heterocycles. The minimum atomic E-state index is -0.753. The molecule has 2 aromatic carbocycles. The Bertz CT molecular complexity index is 1260. The van der Waals surface area contributed by atoms with Crippen LogP contribution in [0.3, 0.4) is 0 Å². The third-order valence-electron chi connectivity index (χ3n) is 3.62. The van der Waals surface area contributed by atoms with Gasteiger partial charge in [-0.2, -0.15) is 0 Å². The number of aromatic amines is 4. The number of fused-ring (bicyclic) bond motifs is 2. The van der Waals surface area contributed by atoms with Crippen molar-refractivity contribution >= 4 is 22.1 Å². The van der Waals surface area contributed by atoms with Gasteiger partial charge in [-0.25, -0.2) is 0 Å². The Morgan fingerprint density at radius 1 is 0.556 bits per heavy atom. The highest BCUT2D eigenvalue weighted by molar-refractivity contribution is 5.77. The normalized spacial score (nSPS) is 10.4. The molecule has 2 heterocycles. The molecule has 0 bridgehead atoms. The third-order valence-corrected chi connectivity index (χ3v) is 3.62. The molecular weight excluding hydrogens is 352 g/mol. The maximum Gasteiger partial charge on any atom is 0.314 e. The molecule has 4 N–H and O–H groups in total. The largest absolute Gasteiger partial charge is 0.457 e. The summed E-state index contributed by atoms with van der Waals surface area (Å²) in [7, 11) is 0. The lowest BCUT2D eigenvalue weighted by atomic mass is 10.2. The van der Waals surface area contributed by atoms with Crippen LogP contribution in [0.15, 0.2) is 55.6 Å². The molecule has 4 rings (SSSR count). The molecule has 0 saturated heterocycles. The molecule has 0 amide bonds. The maximum atomic E-state index is 11.4. The van der Waals surface area contributed by atoms with E-state index in [4.69, 9.17) is 4.74 Å². The van der Waals surface area contributed by atoms with Gasteiger partial charge in [0.15, 0.2) is 0 Å². The van der Waals surface area contributed by atoms with E-state index in [9.17, 15) is 19.2 Å². The van der Waals surface area contributed by atoms with Crippen molar-refractivity contribution in [2.45, 2.75) is 13.8 Å². The topological polar surface area (TPSA) is 141 Å². The number of H-pyrrole nitrogens is 4. The second-order valence-corrected chi connectivity index (χ2v) is 5.33. The van der Waals surface area contributed by atoms with Crippen molar-refractivity contribution < 1.29 is 4.74 Å². The monoisotopic (exact) mass is 368 g/mol. The van der Waals surface area contributed by atoms with Crippen LogP contribution in [-0.4, -0.2) is 19.9 Å². The molecule has 0 aliphatic carbocycles. The summed E-state index contributed by atoms with van der Waals surface area (Å²) in [6.45, 7) is 4.00. The highest BCUT2D eigenvalue weighted by Gasteiger charge is 2.05. The molecular formula is C18H16N4O5. The van der Waals surface area contributed by atoms with Gasteiger partial charge in [-0.1, -0.05) is 13.8 Å². The van der Waals surface area contributed by atoms with Crippen LogP contribution in [0.25, 0.3) is 22.1 Å². The van der Waals surface area contributed by atoms with Crippen LogP contribution in [0, 0.1) is 0 Å². The van der Waals surface area contributed by atoms with Gasteiger partial charge in [0.05, 0.1) is 22.1 Å². The van der Waals surface area contributed by atoms with Gasteiger partial charge in [0.1, 0.15) is 11.5 Å². The fourth-order valence-electron chi connectivity index (χ4n) is 2.45. The van der Waals surface area contributed by atoms with Crippen LogP contribution in [0.1, 0.15) is 13.8 Å². The minimum absolute atomic E-state index is 0.417. The molecule has 0 unspecified atom stereocenters. The van der Waals surface area contributed by atoms with Crippen molar-refractivity contribution in [1.29, 1.82) is 0 Å². The molecule has 0 atom stereocenters. The van der Waals surface area contributed by atoms with Gasteiger partial charge in [0.25, 0.3) is 0 Å². The first-order chi connectivity index (χ1) is 13.0. The zero-order chi connectivity index (χ0) is 19.6. The van der Waals surface area contributed by atoms with Crippen LogP contribution in [-0.2, 0) is 0 Å². The van der Waals surface area contributed by atoms with Crippen molar-refractivity contribution in [2.24, 2.45) is 0 Å². The second-order valence-electron chi connectivity index (χ2n) is 5.33. The molecule has 9 heteroatoms. The summed E-state index contributed by atoms with van der Waals surface area (Å²) in [5.74, 6) is 0.836. The van der Waals surface area contributed by atoms with Crippen LogP contribution >= 0.6 is 0 Å². The first kappa shape index (κ1) is 17.9. The lowest BCUT2D eigenvalue weighted by Crippen LogP contribution is -2.28. The summed E-state index contributed by atoms with van der Waals surface area (Å²) < 4.78 is 5.71. The molecule has 27 heavy (non-hydrogen) atoms. The summed E-state index contributed by atoms with van der Waals surface area (Å²) in [5, 5.41) is 0. The standard InChI is InChI=1S/C16H10N4O5.C2H6/c21-13-15(23)19-11-5-7(1-3-9(11)17-13)25-8-2-4-10-12(6-8)20-16(24)14(22)18-10;1-2/h1-6H,(H,17,21)(H,18,22)(H,19,23)(H,20,24);1-2H3.